The molecule has 0 aliphatic rings. The Kier molecular flexibility index (Phi) is 12.2. The van der Waals surface area contributed by atoms with Crippen LogP contribution in [0, 0.1) is 0 Å². The zero-order valence-corrected chi connectivity index (χ0v) is 23.5. The number of rotatable bonds is 11. The Labute approximate surface area is 223 Å². The molecule has 0 aliphatic heterocycles. The maximum Gasteiger partial charge on any atom is 0.332 e. The van der Waals surface area contributed by atoms with E-state index in [-0.39, 0.29) is 18.6 Å². The van der Waals surface area contributed by atoms with Gasteiger partial charge in [-0.1, -0.05) is 74.5 Å². The molecule has 1 aromatic heterocycles. The van der Waals surface area contributed by atoms with Crippen LogP contribution in [0.4, 0.5) is 5.82 Å². The number of nitrogens with zero attached hydrogens (tertiary/aromatic N) is 3. The summed E-state index contributed by atoms with van der Waals surface area (Å²) in [6.45, 7) is 15.2. The van der Waals surface area contributed by atoms with Gasteiger partial charge in [0, 0.05) is 30.3 Å². The van der Waals surface area contributed by atoms with E-state index in [4.69, 9.17) is 19.4 Å². The first-order valence-corrected chi connectivity index (χ1v) is 13.3. The van der Waals surface area contributed by atoms with Gasteiger partial charge in [0.2, 0.25) is 0 Å². The Balaban J connectivity index is 0.00000235. The van der Waals surface area contributed by atoms with Gasteiger partial charge in [-0.25, -0.2) is 9.78 Å². The van der Waals surface area contributed by atoms with Crippen molar-refractivity contribution >= 4 is 11.8 Å². The Morgan fingerprint density at radius 2 is 1.46 bits per heavy atom. The second-order valence-electron chi connectivity index (χ2n) is 9.79. The minimum Gasteiger partial charge on any atom is -0.458 e. The van der Waals surface area contributed by atoms with Crippen molar-refractivity contribution in [2.45, 2.75) is 73.0 Å². The van der Waals surface area contributed by atoms with Gasteiger partial charge < -0.3 is 14.4 Å². The lowest BCUT2D eigenvalue weighted by molar-refractivity contribution is -0.160. The van der Waals surface area contributed by atoms with Crippen LogP contribution in [-0.2, 0) is 14.3 Å². The monoisotopic (exact) mass is 505 g/mol. The number of benzene rings is 2. The molecule has 0 bridgehead atoms. The first kappa shape index (κ1) is 30.0. The molecule has 0 radical (unpaired) electrons. The summed E-state index contributed by atoms with van der Waals surface area (Å²) in [4.78, 5) is 24.0. The molecule has 3 aromatic rings. The fraction of sp³-hybridized carbons (Fsp3) is 0.452. The van der Waals surface area contributed by atoms with Crippen molar-refractivity contribution in [1.82, 2.24) is 9.97 Å². The van der Waals surface area contributed by atoms with Crippen LogP contribution < -0.4 is 4.90 Å². The maximum absolute atomic E-state index is 11.8. The topological polar surface area (TPSA) is 64.5 Å². The second kappa shape index (κ2) is 15.1. The van der Waals surface area contributed by atoms with Gasteiger partial charge in [0.05, 0.1) is 17.6 Å². The maximum atomic E-state index is 11.8. The summed E-state index contributed by atoms with van der Waals surface area (Å²) in [6, 6.07) is 20.6. The van der Waals surface area contributed by atoms with Gasteiger partial charge in [-0.15, -0.1) is 0 Å². The molecule has 1 heterocycles. The molecule has 0 unspecified atom stereocenters. The summed E-state index contributed by atoms with van der Waals surface area (Å²) in [5, 5.41) is 0. The summed E-state index contributed by atoms with van der Waals surface area (Å²) in [5.41, 5.74) is 3.34. The predicted octanol–water partition coefficient (Wildman–Crippen LogP) is 7.19. The van der Waals surface area contributed by atoms with Gasteiger partial charge in [0.25, 0.3) is 0 Å². The highest BCUT2D eigenvalue weighted by atomic mass is 16.6. The van der Waals surface area contributed by atoms with E-state index in [0.717, 1.165) is 47.7 Å². The largest absolute Gasteiger partial charge is 0.458 e. The minimum atomic E-state index is -0.492. The van der Waals surface area contributed by atoms with Crippen LogP contribution >= 0.6 is 0 Å². The molecule has 0 N–H and O–H groups in total. The van der Waals surface area contributed by atoms with Crippen LogP contribution in [0.25, 0.3) is 22.5 Å². The third-order valence-electron chi connectivity index (χ3n) is 5.35. The van der Waals surface area contributed by atoms with Crippen LogP contribution in [-0.4, -0.2) is 47.3 Å². The molecule has 0 amide bonds. The number of aromatic nitrogens is 2. The van der Waals surface area contributed by atoms with Crippen molar-refractivity contribution in [1.29, 1.82) is 0 Å². The van der Waals surface area contributed by atoms with Gasteiger partial charge in [-0.05, 0) is 47.5 Å². The third kappa shape index (κ3) is 9.96. The van der Waals surface area contributed by atoms with Crippen LogP contribution in [0.2, 0.25) is 0 Å². The molecule has 0 fully saturated rings. The first-order valence-electron chi connectivity index (χ1n) is 13.3. The van der Waals surface area contributed by atoms with E-state index in [9.17, 15) is 4.79 Å². The van der Waals surface area contributed by atoms with E-state index >= 15 is 0 Å². The number of anilines is 1. The van der Waals surface area contributed by atoms with Crippen LogP contribution in [0.5, 0.6) is 0 Å². The quantitative estimate of drug-likeness (QED) is 0.203. The SMILES string of the molecule is CC.CC(C)N(CCCCOCC(=O)OC(C)(C)C)c1cnc(-c2ccccc2)c(-c2ccccc2)n1. The minimum absolute atomic E-state index is 0.0158. The summed E-state index contributed by atoms with van der Waals surface area (Å²) in [5.74, 6) is 0.525. The Bertz CT molecular complexity index is 1060. The fourth-order valence-electron chi connectivity index (χ4n) is 3.77. The number of carbonyl (C=O) groups excluding carboxylic acids is 1. The smallest absolute Gasteiger partial charge is 0.332 e. The third-order valence-corrected chi connectivity index (χ3v) is 5.35. The van der Waals surface area contributed by atoms with Crippen LogP contribution in [0.3, 0.4) is 0 Å². The lowest BCUT2D eigenvalue weighted by atomic mass is 10.0. The van der Waals surface area contributed by atoms with Crippen LogP contribution in [0.15, 0.2) is 66.9 Å². The number of ether oxygens (including phenoxy) is 2. The molecule has 200 valence electrons. The van der Waals surface area contributed by atoms with Gasteiger partial charge in [-0.3, -0.25) is 4.98 Å². The molecule has 0 spiro atoms. The molecule has 0 saturated heterocycles. The van der Waals surface area contributed by atoms with Crippen LogP contribution in [0.1, 0.15) is 61.3 Å². The van der Waals surface area contributed by atoms with E-state index < -0.39 is 5.60 Å². The van der Waals surface area contributed by atoms with Gasteiger partial charge in [0.15, 0.2) is 0 Å². The Morgan fingerprint density at radius 3 is 2.00 bits per heavy atom. The molecular formula is C31H43N3O3. The molecule has 6 heteroatoms. The van der Waals surface area contributed by atoms with E-state index in [1.165, 1.54) is 0 Å². The number of hydrogen-bond donors (Lipinski definition) is 0. The Morgan fingerprint density at radius 1 is 0.892 bits per heavy atom. The van der Waals surface area contributed by atoms with E-state index in [1.54, 1.807) is 0 Å². The van der Waals surface area contributed by atoms with Crippen molar-refractivity contribution in [2.75, 3.05) is 24.7 Å². The lowest BCUT2D eigenvalue weighted by Crippen LogP contribution is -2.33. The highest BCUT2D eigenvalue weighted by Gasteiger charge is 2.18. The zero-order valence-electron chi connectivity index (χ0n) is 23.5. The van der Waals surface area contributed by atoms with Gasteiger partial charge in [0.1, 0.15) is 18.0 Å². The van der Waals surface area contributed by atoms with Crippen molar-refractivity contribution in [2.24, 2.45) is 0 Å². The van der Waals surface area contributed by atoms with Gasteiger partial charge >= 0.3 is 5.97 Å². The molecule has 0 atom stereocenters. The second-order valence-corrected chi connectivity index (χ2v) is 9.79. The van der Waals surface area contributed by atoms with E-state index in [2.05, 4.69) is 43.0 Å². The number of hydrogen-bond acceptors (Lipinski definition) is 6. The van der Waals surface area contributed by atoms with E-state index in [0.29, 0.717) is 6.61 Å². The number of esters is 1. The van der Waals surface area contributed by atoms with Gasteiger partial charge in [-0.2, -0.15) is 0 Å². The fourth-order valence-corrected chi connectivity index (χ4v) is 3.77. The molecule has 0 saturated carbocycles. The van der Waals surface area contributed by atoms with Crippen molar-refractivity contribution in [3.05, 3.63) is 66.9 Å². The zero-order chi connectivity index (χ0) is 27.3. The van der Waals surface area contributed by atoms with E-state index in [1.807, 2.05) is 77.2 Å². The first-order chi connectivity index (χ1) is 17.7. The molecule has 6 nitrogen and oxygen atoms in total. The molecule has 37 heavy (non-hydrogen) atoms. The normalized spacial score (nSPS) is 11.0. The number of unbranched alkanes of at least 4 members (excludes halogenated alkanes) is 1. The highest BCUT2D eigenvalue weighted by molar-refractivity contribution is 5.78. The molecule has 3 rings (SSSR count). The molecule has 2 aromatic carbocycles. The summed E-state index contributed by atoms with van der Waals surface area (Å²) >= 11 is 0. The summed E-state index contributed by atoms with van der Waals surface area (Å²) in [7, 11) is 0. The standard InChI is InChI=1S/C29H37N3O3.C2H6/c1-22(2)32(18-12-13-19-34-21-26(33)35-29(3,4)5)25-20-30-27(23-14-8-6-9-15-23)28(31-25)24-16-10-7-11-17-24;1-2/h6-11,14-17,20,22H,12-13,18-19,21H2,1-5H3;1-2H3. The predicted molar refractivity (Wildman–Crippen MR) is 153 cm³/mol. The van der Waals surface area contributed by atoms with Crippen molar-refractivity contribution in [3.8, 4) is 22.5 Å². The highest BCUT2D eigenvalue weighted by Crippen LogP contribution is 2.31. The summed E-state index contributed by atoms with van der Waals surface area (Å²) in [6.07, 6.45) is 3.62. The Hall–Kier alpha value is -3.25. The molecule has 0 aliphatic carbocycles. The van der Waals surface area contributed by atoms with Crippen molar-refractivity contribution in [3.63, 3.8) is 0 Å². The number of carbonyl (C=O) groups is 1. The lowest BCUT2D eigenvalue weighted by Gasteiger charge is -2.28. The van der Waals surface area contributed by atoms with Crippen molar-refractivity contribution < 1.29 is 14.3 Å². The average Bonchev–Trinajstić information content (AvgIpc) is 2.89. The molecular weight excluding hydrogens is 462 g/mol. The summed E-state index contributed by atoms with van der Waals surface area (Å²) < 4.78 is 10.8. The average molecular weight is 506 g/mol.